The summed E-state index contributed by atoms with van der Waals surface area (Å²) in [6.45, 7) is 11.3. The summed E-state index contributed by atoms with van der Waals surface area (Å²) in [6.07, 6.45) is 22.5. The SMILES string of the molecule is Cc1cc(C#N)cc2c1cc(Cc1c(Cl)ccc(C(=O)CC3CCC3)c1Cl)n2C.Cc1cc(C#N)cc2c1cc(Cc1c(Cl)ccc(C(=O)CC3CCCCC3)c1Cl)n2C.Cc1cc(C#N)cc2c1cc(Cc1c(Cl)ccc(C(=O)N3CC4(CCC4)C3)c1Cl)n2C.Cc1cc(C#N)cc2c1cc(Cc1c(Cl)ccc(C(=O)N3CCC4(CCC4)CC3)c1Cl)n2C. The third-order valence-electron chi connectivity index (χ3n) is 27.8. The van der Waals surface area contributed by atoms with Crippen molar-refractivity contribution in [3.8, 4) is 24.3 Å². The molecular formula is C102H98Cl8N10O4. The van der Waals surface area contributed by atoms with E-state index in [4.69, 9.17) is 92.8 Å². The van der Waals surface area contributed by atoms with E-state index < -0.39 is 0 Å². The molecule has 14 nitrogen and oxygen atoms in total. The van der Waals surface area contributed by atoms with Crippen LogP contribution in [0, 0.1) is 95.7 Å². The normalized spacial score (nSPS) is 15.7. The van der Waals surface area contributed by atoms with Gasteiger partial charge in [0.1, 0.15) is 0 Å². The lowest BCUT2D eigenvalue weighted by Gasteiger charge is -2.56. The number of ketones is 2. The zero-order valence-corrected chi connectivity index (χ0v) is 77.3. The Balaban J connectivity index is 0.000000128. The molecule has 2 spiro atoms. The average Bonchev–Trinajstić information content (AvgIpc) is 1.36. The molecule has 22 heteroatoms. The smallest absolute Gasteiger partial charge is 0.255 e. The number of aryl methyl sites for hydroxylation is 8. The highest BCUT2D eigenvalue weighted by atomic mass is 35.5. The topological polar surface area (TPSA) is 190 Å². The maximum Gasteiger partial charge on any atom is 0.255 e. The third-order valence-corrected chi connectivity index (χ3v) is 30.9. The lowest BCUT2D eigenvalue weighted by atomic mass is 9.63. The molecule has 2 saturated heterocycles. The number of aromatic nitrogens is 4. The van der Waals surface area contributed by atoms with Gasteiger partial charge in [-0.15, -0.1) is 0 Å². The van der Waals surface area contributed by atoms with Crippen LogP contribution in [0.15, 0.2) is 121 Å². The van der Waals surface area contributed by atoms with Crippen LogP contribution in [0.25, 0.3) is 43.6 Å². The first-order valence-electron chi connectivity index (χ1n) is 42.9. The van der Waals surface area contributed by atoms with E-state index in [0.717, 1.165) is 176 Å². The van der Waals surface area contributed by atoms with Crippen LogP contribution in [0.2, 0.25) is 40.2 Å². The number of nitriles is 4. The van der Waals surface area contributed by atoms with Crippen molar-refractivity contribution >= 4 is 160 Å². The molecule has 0 atom stereocenters. The zero-order valence-electron chi connectivity index (χ0n) is 71.2. The van der Waals surface area contributed by atoms with Crippen LogP contribution in [0.5, 0.6) is 0 Å². The number of hydrogen-bond donors (Lipinski definition) is 0. The van der Waals surface area contributed by atoms with Crippen molar-refractivity contribution in [1.82, 2.24) is 28.1 Å². The molecule has 0 unspecified atom stereocenters. The molecule has 124 heavy (non-hydrogen) atoms. The fraction of sp³-hybridized carbons (Fsp3) is 0.373. The standard InChI is InChI=1S/C27H27Cl2N3O.C26H26Cl2N2O.C25H23Cl2N3O.C24H22Cl2N2O/c1-17-12-18(16-30)13-24-21(17)14-19(31(24)2)15-22-23(28)5-4-20(25(22)29)26(33)32-10-8-27(9-11-32)6-3-7-27;1-16-10-18(15-29)11-24-21(16)13-19(30(24)2)14-22-23(27)9-8-20(26(22)28)25(31)12-17-6-4-3-5-7-17;1-15-8-16(12-28)9-22-19(15)10-17(29(22)2)11-20-21(26)5-4-18(23(20)27)24(31)30-13-25(14-30)6-3-7-25;1-14-8-16(13-27)9-22-19(14)11-17(28(22)2)12-20-21(25)7-6-18(24(20)26)23(29)10-15-4-3-5-15/h4-5,12-14H,3,6-11,15H2,1-2H3;8-11,13,17H,3-7,12,14H2,1-2H3;4-5,8-10H,3,6-7,11,13-14H2,1-2H3;6-9,11,15H,3-5,10,12H2,1-2H3. The Morgan fingerprint density at radius 1 is 0.347 bits per heavy atom. The second-order valence-electron chi connectivity index (χ2n) is 35.6. The van der Waals surface area contributed by atoms with Gasteiger partial charge in [-0.1, -0.05) is 157 Å². The highest BCUT2D eigenvalue weighted by Crippen LogP contribution is 2.51. The van der Waals surface area contributed by atoms with Gasteiger partial charge in [0.05, 0.1) is 77.7 Å². The summed E-state index contributed by atoms with van der Waals surface area (Å²) in [5, 5.41) is 45.7. The zero-order chi connectivity index (χ0) is 88.1. The fourth-order valence-corrected chi connectivity index (χ4v) is 21.9. The Kier molecular flexibility index (Phi) is 26.8. The minimum absolute atomic E-state index is 0.00126. The molecule has 18 rings (SSSR count). The lowest BCUT2D eigenvalue weighted by Crippen LogP contribution is -2.61. The van der Waals surface area contributed by atoms with Crippen LogP contribution in [-0.4, -0.2) is 77.6 Å². The van der Waals surface area contributed by atoms with Crippen LogP contribution in [-0.2, 0) is 53.9 Å². The summed E-state index contributed by atoms with van der Waals surface area (Å²) in [4.78, 5) is 56.0. The quantitative estimate of drug-likeness (QED) is 0.0854. The van der Waals surface area contributed by atoms with E-state index in [2.05, 4.69) is 66.8 Å². The number of hydrogen-bond acceptors (Lipinski definition) is 8. The summed E-state index contributed by atoms with van der Waals surface area (Å²) in [6, 6.07) is 46.7. The Labute approximate surface area is 765 Å². The summed E-state index contributed by atoms with van der Waals surface area (Å²) in [5.41, 5.74) is 21.1. The Hall–Kier alpha value is -9.52. The van der Waals surface area contributed by atoms with Crippen LogP contribution in [0.3, 0.4) is 0 Å². The molecule has 636 valence electrons. The molecule has 6 fully saturated rings. The number of carbonyl (C=O) groups is 4. The number of amides is 2. The minimum atomic E-state index is -0.00742. The second kappa shape index (κ2) is 37.2. The van der Waals surface area contributed by atoms with Crippen molar-refractivity contribution in [2.24, 2.45) is 50.9 Å². The third kappa shape index (κ3) is 18.0. The Bertz CT molecular complexity index is 6490. The van der Waals surface area contributed by atoms with Gasteiger partial charge in [-0.25, -0.2) is 0 Å². The summed E-state index contributed by atoms with van der Waals surface area (Å²) in [7, 11) is 7.93. The van der Waals surface area contributed by atoms with Gasteiger partial charge < -0.3 is 28.1 Å². The molecule has 4 saturated carbocycles. The Morgan fingerprint density at radius 2 is 0.629 bits per heavy atom. The number of rotatable bonds is 16. The number of carbonyl (C=O) groups excluding carboxylic acids is 4. The van der Waals surface area contributed by atoms with Crippen LogP contribution in [0.4, 0.5) is 0 Å². The van der Waals surface area contributed by atoms with Crippen molar-refractivity contribution in [2.75, 3.05) is 26.2 Å². The largest absolute Gasteiger partial charge is 0.347 e. The minimum Gasteiger partial charge on any atom is -0.347 e. The number of benzene rings is 8. The van der Waals surface area contributed by atoms with E-state index >= 15 is 0 Å². The summed E-state index contributed by atoms with van der Waals surface area (Å²) >= 11 is 53.1. The molecule has 0 radical (unpaired) electrons. The number of piperidine rings is 1. The van der Waals surface area contributed by atoms with E-state index in [1.54, 1.807) is 48.5 Å². The first-order valence-corrected chi connectivity index (χ1v) is 45.9. The summed E-state index contributed by atoms with van der Waals surface area (Å²) < 4.78 is 8.29. The number of nitrogens with zero attached hydrogens (tertiary/aromatic N) is 10. The van der Waals surface area contributed by atoms with Gasteiger partial charge in [0.15, 0.2) is 11.6 Å². The lowest BCUT2D eigenvalue weighted by molar-refractivity contribution is -0.0426. The van der Waals surface area contributed by atoms with Crippen molar-refractivity contribution in [3.63, 3.8) is 0 Å². The highest BCUT2D eigenvalue weighted by Gasteiger charge is 2.49. The van der Waals surface area contributed by atoms with Crippen LogP contribution >= 0.6 is 92.8 Å². The molecule has 2 amide bonds. The predicted octanol–water partition coefficient (Wildman–Crippen LogP) is 26.6. The highest BCUT2D eigenvalue weighted by molar-refractivity contribution is 6.40. The Morgan fingerprint density at radius 3 is 0.903 bits per heavy atom. The van der Waals surface area contributed by atoms with E-state index in [-0.39, 0.29) is 23.4 Å². The average molecular weight is 1810 g/mol. The van der Waals surface area contributed by atoms with Crippen molar-refractivity contribution in [1.29, 1.82) is 21.0 Å². The molecule has 6 aliphatic rings. The number of fused-ring (bicyclic) bond motifs is 4. The second-order valence-corrected chi connectivity index (χ2v) is 38.7. The molecule has 0 bridgehead atoms. The van der Waals surface area contributed by atoms with E-state index in [0.29, 0.717) is 146 Å². The van der Waals surface area contributed by atoms with Crippen molar-refractivity contribution in [3.05, 3.63) is 273 Å². The van der Waals surface area contributed by atoms with E-state index in [1.165, 1.54) is 64.2 Å². The van der Waals surface area contributed by atoms with Gasteiger partial charge in [0.2, 0.25) is 0 Å². The predicted molar refractivity (Wildman–Crippen MR) is 502 cm³/mol. The molecule has 6 heterocycles. The van der Waals surface area contributed by atoms with E-state index in [9.17, 15) is 40.2 Å². The van der Waals surface area contributed by atoms with Gasteiger partial charge in [0, 0.05) is 196 Å². The molecule has 0 N–H and O–H groups in total. The van der Waals surface area contributed by atoms with Crippen molar-refractivity contribution < 1.29 is 19.2 Å². The molecule has 4 aromatic heterocycles. The molecule has 8 aromatic carbocycles. The first-order chi connectivity index (χ1) is 59.4. The van der Waals surface area contributed by atoms with Crippen molar-refractivity contribution in [2.45, 2.75) is 169 Å². The van der Waals surface area contributed by atoms with Crippen LogP contribution < -0.4 is 0 Å². The summed E-state index contributed by atoms with van der Waals surface area (Å²) in [5.74, 6) is 1.16. The maximum atomic E-state index is 13.3. The monoisotopic (exact) mass is 1810 g/mol. The number of Topliss-reactive ketones (excluding diaryl/α,β-unsaturated/α-hetero) is 2. The molecule has 4 aliphatic carbocycles. The van der Waals surface area contributed by atoms with Gasteiger partial charge in [-0.2, -0.15) is 21.0 Å². The van der Waals surface area contributed by atoms with Gasteiger partial charge in [-0.05, 0) is 249 Å². The molecule has 12 aromatic rings. The van der Waals surface area contributed by atoms with Gasteiger partial charge >= 0.3 is 0 Å². The fourth-order valence-electron chi connectivity index (χ4n) is 19.5. The maximum absolute atomic E-state index is 13.3. The number of likely N-dealkylation sites (tertiary alicyclic amines) is 2. The van der Waals surface area contributed by atoms with E-state index in [1.807, 2.05) is 114 Å². The van der Waals surface area contributed by atoms with Gasteiger partial charge in [-0.3, -0.25) is 19.2 Å². The van der Waals surface area contributed by atoms with Gasteiger partial charge in [0.25, 0.3) is 11.8 Å². The first kappa shape index (κ1) is 89.3. The van der Waals surface area contributed by atoms with Crippen LogP contribution in [0.1, 0.15) is 247 Å². The number of halogens is 8. The molecule has 2 aliphatic heterocycles. The molecular weight excluding hydrogens is 1710 g/mol.